The fraction of sp³-hybridized carbons (Fsp3) is 0.429. The van der Waals surface area contributed by atoms with Gasteiger partial charge in [0.1, 0.15) is 11.1 Å². The van der Waals surface area contributed by atoms with Gasteiger partial charge in [0, 0.05) is 0 Å². The SMILES string of the molecule is CN1C2(C)C(=O)N(Cc3ccccc3)C(=O)C12C. The maximum Gasteiger partial charge on any atom is 0.252 e. The summed E-state index contributed by atoms with van der Waals surface area (Å²) in [6, 6.07) is 9.61. The number of likely N-dealkylation sites (tertiary alicyclic amines) is 1. The zero-order valence-electron chi connectivity index (χ0n) is 10.8. The van der Waals surface area contributed by atoms with E-state index in [-0.39, 0.29) is 11.8 Å². The van der Waals surface area contributed by atoms with Gasteiger partial charge >= 0.3 is 0 Å². The number of hydrogen-bond donors (Lipinski definition) is 0. The minimum Gasteiger partial charge on any atom is -0.275 e. The van der Waals surface area contributed by atoms with Crippen LogP contribution in [0.15, 0.2) is 30.3 Å². The first-order valence-electron chi connectivity index (χ1n) is 6.08. The maximum atomic E-state index is 12.4. The lowest BCUT2D eigenvalue weighted by Crippen LogP contribution is -2.41. The lowest BCUT2D eigenvalue weighted by atomic mass is 10.00. The Bertz CT molecular complexity index is 514. The average Bonchev–Trinajstić information content (AvgIpc) is 2.78. The summed E-state index contributed by atoms with van der Waals surface area (Å²) < 4.78 is 0. The molecule has 2 atom stereocenters. The van der Waals surface area contributed by atoms with Gasteiger partial charge in [-0.15, -0.1) is 0 Å². The lowest BCUT2D eigenvalue weighted by Gasteiger charge is -2.21. The third-order valence-electron chi connectivity index (χ3n) is 4.75. The minimum absolute atomic E-state index is 0.0821. The summed E-state index contributed by atoms with van der Waals surface area (Å²) >= 11 is 0. The van der Waals surface area contributed by atoms with Crippen LogP contribution in [0.1, 0.15) is 19.4 Å². The molecule has 2 saturated heterocycles. The first-order chi connectivity index (χ1) is 8.44. The van der Waals surface area contributed by atoms with Gasteiger partial charge in [0.25, 0.3) is 11.8 Å². The van der Waals surface area contributed by atoms with Crippen molar-refractivity contribution in [2.45, 2.75) is 31.5 Å². The molecule has 1 aromatic rings. The van der Waals surface area contributed by atoms with Gasteiger partial charge in [-0.3, -0.25) is 19.4 Å². The summed E-state index contributed by atoms with van der Waals surface area (Å²) in [5.74, 6) is -0.164. The average molecular weight is 244 g/mol. The molecule has 3 rings (SSSR count). The van der Waals surface area contributed by atoms with Gasteiger partial charge in [0.15, 0.2) is 0 Å². The Hall–Kier alpha value is -1.68. The number of carbonyl (C=O) groups is 2. The fourth-order valence-corrected chi connectivity index (χ4v) is 3.04. The van der Waals surface area contributed by atoms with Crippen molar-refractivity contribution >= 4 is 11.8 Å². The Balaban J connectivity index is 1.89. The van der Waals surface area contributed by atoms with Gasteiger partial charge in [-0.1, -0.05) is 30.3 Å². The third-order valence-corrected chi connectivity index (χ3v) is 4.75. The molecular formula is C14H16N2O2. The molecule has 2 unspecified atom stereocenters. The van der Waals surface area contributed by atoms with Crippen LogP contribution in [0.4, 0.5) is 0 Å². The molecule has 18 heavy (non-hydrogen) atoms. The second kappa shape index (κ2) is 3.20. The highest BCUT2D eigenvalue weighted by Gasteiger charge is 2.82. The Morgan fingerprint density at radius 1 is 1.00 bits per heavy atom. The van der Waals surface area contributed by atoms with Crippen molar-refractivity contribution in [1.29, 1.82) is 0 Å². The number of benzene rings is 1. The quantitative estimate of drug-likeness (QED) is 0.576. The molecule has 4 nitrogen and oxygen atoms in total. The van der Waals surface area contributed by atoms with Crippen LogP contribution in [-0.2, 0) is 16.1 Å². The zero-order chi connectivity index (χ0) is 13.1. The predicted molar refractivity (Wildman–Crippen MR) is 66.6 cm³/mol. The van der Waals surface area contributed by atoms with Gasteiger partial charge in [-0.2, -0.15) is 0 Å². The van der Waals surface area contributed by atoms with Crippen LogP contribution in [0.5, 0.6) is 0 Å². The number of likely N-dealkylation sites (N-methyl/N-ethyl adjacent to an activating group) is 1. The second-order valence-corrected chi connectivity index (χ2v) is 5.39. The minimum atomic E-state index is -0.640. The van der Waals surface area contributed by atoms with Crippen LogP contribution < -0.4 is 0 Å². The predicted octanol–water partition coefficient (Wildman–Crippen LogP) is 1.02. The zero-order valence-corrected chi connectivity index (χ0v) is 10.8. The van der Waals surface area contributed by atoms with E-state index < -0.39 is 11.1 Å². The summed E-state index contributed by atoms with van der Waals surface area (Å²) in [7, 11) is 1.83. The lowest BCUT2D eigenvalue weighted by molar-refractivity contribution is -0.145. The van der Waals surface area contributed by atoms with Crippen LogP contribution in [0.3, 0.4) is 0 Å². The first kappa shape index (κ1) is 11.4. The number of carbonyl (C=O) groups excluding carboxylic acids is 2. The summed E-state index contributed by atoms with van der Waals surface area (Å²) in [5, 5.41) is 0. The molecule has 1 aromatic carbocycles. The molecule has 94 valence electrons. The molecule has 2 aliphatic heterocycles. The first-order valence-corrected chi connectivity index (χ1v) is 6.08. The van der Waals surface area contributed by atoms with Crippen molar-refractivity contribution in [1.82, 2.24) is 9.80 Å². The smallest absolute Gasteiger partial charge is 0.252 e. The molecule has 2 fully saturated rings. The van der Waals surface area contributed by atoms with Crippen LogP contribution in [0.2, 0.25) is 0 Å². The van der Waals surface area contributed by atoms with Gasteiger partial charge in [0.05, 0.1) is 6.54 Å². The number of amides is 2. The van der Waals surface area contributed by atoms with Crippen LogP contribution in [0.25, 0.3) is 0 Å². The third kappa shape index (κ3) is 1.04. The number of hydrogen-bond acceptors (Lipinski definition) is 3. The normalized spacial score (nSPS) is 37.9. The summed E-state index contributed by atoms with van der Waals surface area (Å²) in [5.41, 5.74) is -0.298. The second-order valence-electron chi connectivity index (χ2n) is 5.39. The topological polar surface area (TPSA) is 40.4 Å². The molecule has 0 N–H and O–H groups in total. The van der Waals surface area contributed by atoms with Gasteiger partial charge < -0.3 is 0 Å². The maximum absolute atomic E-state index is 12.4. The van der Waals surface area contributed by atoms with Crippen molar-refractivity contribution in [3.63, 3.8) is 0 Å². The molecule has 2 aliphatic rings. The van der Waals surface area contributed by atoms with Gasteiger partial charge in [-0.05, 0) is 26.5 Å². The van der Waals surface area contributed by atoms with Crippen LogP contribution >= 0.6 is 0 Å². The number of fused-ring (bicyclic) bond motifs is 1. The number of imide groups is 1. The molecule has 2 heterocycles. The van der Waals surface area contributed by atoms with Crippen molar-refractivity contribution in [2.24, 2.45) is 0 Å². The largest absolute Gasteiger partial charge is 0.275 e. The van der Waals surface area contributed by atoms with Crippen LogP contribution in [-0.4, -0.2) is 39.7 Å². The van der Waals surface area contributed by atoms with E-state index >= 15 is 0 Å². The molecule has 0 radical (unpaired) electrons. The number of piperazine rings is 1. The van der Waals surface area contributed by atoms with Gasteiger partial charge in [-0.25, -0.2) is 0 Å². The van der Waals surface area contributed by atoms with Crippen molar-refractivity contribution < 1.29 is 9.59 Å². The van der Waals surface area contributed by atoms with E-state index in [9.17, 15) is 9.59 Å². The molecular weight excluding hydrogens is 228 g/mol. The Labute approximate surface area is 106 Å². The monoisotopic (exact) mass is 244 g/mol. The Morgan fingerprint density at radius 2 is 1.50 bits per heavy atom. The molecule has 2 amide bonds. The Morgan fingerprint density at radius 3 is 2.00 bits per heavy atom. The molecule has 0 aliphatic carbocycles. The molecule has 4 heteroatoms. The molecule has 0 bridgehead atoms. The standard InChI is InChI=1S/C14H16N2O2/c1-13-11(17)16(9-10-7-5-4-6-8-10)12(18)14(13,2)15(13)3/h4-8H,9H2,1-3H3. The van der Waals surface area contributed by atoms with E-state index in [4.69, 9.17) is 0 Å². The van der Waals surface area contributed by atoms with Crippen LogP contribution in [0, 0.1) is 0 Å². The summed E-state index contributed by atoms with van der Waals surface area (Å²) in [6.07, 6.45) is 0. The van der Waals surface area contributed by atoms with Gasteiger partial charge in [0.2, 0.25) is 0 Å². The fourth-order valence-electron chi connectivity index (χ4n) is 3.04. The number of rotatable bonds is 2. The molecule has 0 spiro atoms. The van der Waals surface area contributed by atoms with Crippen molar-refractivity contribution in [3.8, 4) is 0 Å². The van der Waals surface area contributed by atoms with Crippen molar-refractivity contribution in [2.75, 3.05) is 7.05 Å². The highest BCUT2D eigenvalue weighted by Crippen LogP contribution is 2.56. The van der Waals surface area contributed by atoms with Crippen molar-refractivity contribution in [3.05, 3.63) is 35.9 Å². The van der Waals surface area contributed by atoms with E-state index in [0.717, 1.165) is 5.56 Å². The van der Waals surface area contributed by atoms with E-state index in [1.165, 1.54) is 4.90 Å². The molecule has 0 saturated carbocycles. The number of nitrogens with zero attached hydrogens (tertiary/aromatic N) is 2. The Kier molecular flexibility index (Phi) is 2.03. The van der Waals surface area contributed by atoms with E-state index in [1.54, 1.807) is 0 Å². The highest BCUT2D eigenvalue weighted by molar-refractivity contribution is 6.18. The highest BCUT2D eigenvalue weighted by atomic mass is 16.2. The van der Waals surface area contributed by atoms with E-state index in [1.807, 2.05) is 56.1 Å². The molecule has 0 aromatic heterocycles. The van der Waals surface area contributed by atoms with E-state index in [0.29, 0.717) is 6.54 Å². The summed E-state index contributed by atoms with van der Waals surface area (Å²) in [4.78, 5) is 28.0. The summed E-state index contributed by atoms with van der Waals surface area (Å²) in [6.45, 7) is 4.06. The van der Waals surface area contributed by atoms with E-state index in [2.05, 4.69) is 0 Å².